The molecule has 0 aliphatic carbocycles. The van der Waals surface area contributed by atoms with Crippen LogP contribution in [-0.2, 0) is 19.9 Å². The summed E-state index contributed by atoms with van der Waals surface area (Å²) in [5, 5.41) is 14.5. The molecule has 1 aromatic heterocycles. The van der Waals surface area contributed by atoms with Crippen molar-refractivity contribution in [1.29, 1.82) is 5.26 Å². The van der Waals surface area contributed by atoms with Gasteiger partial charge in [0.2, 0.25) is 19.9 Å². The fourth-order valence-electron chi connectivity index (χ4n) is 3.98. The van der Waals surface area contributed by atoms with Gasteiger partial charge in [-0.25, -0.2) is 21.5 Å². The smallest absolute Gasteiger partial charge is 0.240 e. The highest BCUT2D eigenvalue weighted by molar-refractivity contribution is 7.95. The number of allylic oxidation sites excluding steroid dienone is 1. The zero-order valence-corrected chi connectivity index (χ0v) is 22.5. The van der Waals surface area contributed by atoms with Crippen LogP contribution in [0.1, 0.15) is 19.4 Å². The molecular weight excluding hydrogens is 520 g/mol. The van der Waals surface area contributed by atoms with Crippen LogP contribution in [0.3, 0.4) is 0 Å². The maximum Gasteiger partial charge on any atom is 0.243 e. The van der Waals surface area contributed by atoms with Crippen LogP contribution in [0.4, 0.5) is 0 Å². The summed E-state index contributed by atoms with van der Waals surface area (Å²) in [7, 11) is -7.83. The van der Waals surface area contributed by atoms with Gasteiger partial charge in [0, 0.05) is 30.4 Å². The third-order valence-corrected chi connectivity index (χ3v) is 9.68. The fraction of sp³-hybridized carbons (Fsp3) is 0.143. The summed E-state index contributed by atoms with van der Waals surface area (Å²) >= 11 is 0. The summed E-state index contributed by atoms with van der Waals surface area (Å²) in [6.45, 7) is 4.18. The van der Waals surface area contributed by atoms with Gasteiger partial charge in [-0.1, -0.05) is 62.4 Å². The third-order valence-electron chi connectivity index (χ3n) is 5.95. The standard InChI is InChI=1S/C28H26N4O4S2/c1-3-31(4-2)38(35,36)26-17-11-12-22(18-26)28-23(21-32(30-28)24-13-7-5-8-14-24)19-27(20-29)37(33,34)25-15-9-6-10-16-25/h5-19,21H,3-4H2,1-2H3/b27-19-. The number of hydrogen-bond acceptors (Lipinski definition) is 6. The van der Waals surface area contributed by atoms with E-state index in [1.165, 1.54) is 34.6 Å². The largest absolute Gasteiger partial charge is 0.243 e. The first-order valence-electron chi connectivity index (χ1n) is 11.9. The molecule has 1 heterocycles. The summed E-state index contributed by atoms with van der Waals surface area (Å²) in [5.41, 5.74) is 1.86. The second kappa shape index (κ2) is 11.1. The van der Waals surface area contributed by atoms with Crippen LogP contribution in [0.25, 0.3) is 23.0 Å². The highest BCUT2D eigenvalue weighted by Gasteiger charge is 2.24. The number of nitrogens with zero attached hydrogens (tertiary/aromatic N) is 4. The zero-order chi connectivity index (χ0) is 27.3. The van der Waals surface area contributed by atoms with Crippen molar-refractivity contribution in [3.8, 4) is 23.0 Å². The van der Waals surface area contributed by atoms with Crippen molar-refractivity contribution in [1.82, 2.24) is 14.1 Å². The van der Waals surface area contributed by atoms with Crippen LogP contribution < -0.4 is 0 Å². The minimum atomic E-state index is -4.09. The Bertz CT molecular complexity index is 1720. The van der Waals surface area contributed by atoms with Crippen molar-refractivity contribution >= 4 is 25.9 Å². The predicted octanol–water partition coefficient (Wildman–Crippen LogP) is 4.91. The summed E-state index contributed by atoms with van der Waals surface area (Å²) in [4.78, 5) is -0.359. The second-order valence-corrected chi connectivity index (χ2v) is 12.1. The Balaban J connectivity index is 1.91. The normalized spacial score (nSPS) is 12.4. The molecule has 8 nitrogen and oxygen atoms in total. The molecule has 0 saturated heterocycles. The molecule has 10 heteroatoms. The van der Waals surface area contributed by atoms with Crippen LogP contribution in [0.2, 0.25) is 0 Å². The van der Waals surface area contributed by atoms with E-state index < -0.39 is 24.8 Å². The SMILES string of the molecule is CCN(CC)S(=O)(=O)c1cccc(-c2nn(-c3ccccc3)cc2/C=C(/C#N)S(=O)(=O)c2ccccc2)c1. The zero-order valence-electron chi connectivity index (χ0n) is 20.9. The van der Waals surface area contributed by atoms with Gasteiger partial charge >= 0.3 is 0 Å². The maximum atomic E-state index is 13.2. The van der Waals surface area contributed by atoms with E-state index in [1.54, 1.807) is 55.1 Å². The lowest BCUT2D eigenvalue weighted by molar-refractivity contribution is 0.445. The van der Waals surface area contributed by atoms with E-state index in [1.807, 2.05) is 36.4 Å². The molecule has 0 amide bonds. The molecule has 0 spiro atoms. The molecule has 38 heavy (non-hydrogen) atoms. The number of rotatable bonds is 9. The monoisotopic (exact) mass is 546 g/mol. The first-order chi connectivity index (χ1) is 18.2. The minimum absolute atomic E-state index is 0.00267. The Kier molecular flexibility index (Phi) is 7.92. The number of sulfone groups is 1. The molecule has 0 bridgehead atoms. The van der Waals surface area contributed by atoms with E-state index >= 15 is 0 Å². The van der Waals surface area contributed by atoms with Gasteiger partial charge in [0.05, 0.1) is 15.5 Å². The average molecular weight is 547 g/mol. The van der Waals surface area contributed by atoms with Crippen molar-refractivity contribution in [3.05, 3.63) is 102 Å². The molecule has 4 rings (SSSR count). The lowest BCUT2D eigenvalue weighted by Crippen LogP contribution is -2.30. The van der Waals surface area contributed by atoms with Crippen LogP contribution >= 0.6 is 0 Å². The molecule has 194 valence electrons. The first kappa shape index (κ1) is 27.0. The van der Waals surface area contributed by atoms with Gasteiger partial charge in [0.15, 0.2) is 0 Å². The predicted molar refractivity (Wildman–Crippen MR) is 146 cm³/mol. The van der Waals surface area contributed by atoms with Gasteiger partial charge in [-0.2, -0.15) is 14.7 Å². The fourth-order valence-corrected chi connectivity index (χ4v) is 6.66. The Hall–Kier alpha value is -4.04. The summed E-state index contributed by atoms with van der Waals surface area (Å²) in [6.07, 6.45) is 2.89. The van der Waals surface area contributed by atoms with Crippen molar-refractivity contribution in [3.63, 3.8) is 0 Å². The molecule has 0 fully saturated rings. The highest BCUT2D eigenvalue weighted by atomic mass is 32.2. The quantitative estimate of drug-likeness (QED) is 0.276. The van der Waals surface area contributed by atoms with E-state index in [0.29, 0.717) is 35.6 Å². The van der Waals surface area contributed by atoms with Crippen LogP contribution in [-0.4, -0.2) is 44.0 Å². The molecule has 3 aromatic carbocycles. The third kappa shape index (κ3) is 5.31. The van der Waals surface area contributed by atoms with Gasteiger partial charge in [0.25, 0.3) is 0 Å². The maximum absolute atomic E-state index is 13.2. The number of hydrogen-bond donors (Lipinski definition) is 0. The van der Waals surface area contributed by atoms with E-state index in [4.69, 9.17) is 0 Å². The van der Waals surface area contributed by atoms with Crippen LogP contribution in [0.5, 0.6) is 0 Å². The van der Waals surface area contributed by atoms with E-state index in [9.17, 15) is 22.1 Å². The lowest BCUT2D eigenvalue weighted by Gasteiger charge is -2.18. The van der Waals surface area contributed by atoms with Crippen molar-refractivity contribution in [2.24, 2.45) is 0 Å². The Morgan fingerprint density at radius 1 is 0.895 bits per heavy atom. The molecule has 0 saturated carbocycles. The van der Waals surface area contributed by atoms with Gasteiger partial charge in [-0.15, -0.1) is 0 Å². The average Bonchev–Trinajstić information content (AvgIpc) is 3.37. The van der Waals surface area contributed by atoms with Crippen molar-refractivity contribution in [2.45, 2.75) is 23.6 Å². The van der Waals surface area contributed by atoms with E-state index in [2.05, 4.69) is 5.10 Å². The Morgan fingerprint density at radius 3 is 2.11 bits per heavy atom. The summed E-state index contributed by atoms with van der Waals surface area (Å²) in [5.74, 6) is 0. The lowest BCUT2D eigenvalue weighted by atomic mass is 10.1. The Labute approximate surface area is 223 Å². The van der Waals surface area contributed by atoms with Crippen LogP contribution in [0.15, 0.2) is 106 Å². The molecule has 0 aliphatic heterocycles. The summed E-state index contributed by atoms with van der Waals surface area (Å²) in [6, 6.07) is 25.1. The van der Waals surface area contributed by atoms with E-state index in [0.717, 1.165) is 0 Å². The molecule has 0 aliphatic rings. The highest BCUT2D eigenvalue weighted by Crippen LogP contribution is 2.30. The van der Waals surface area contributed by atoms with Gasteiger partial charge in [-0.05, 0) is 42.5 Å². The number of sulfonamides is 1. The first-order valence-corrected chi connectivity index (χ1v) is 14.8. The second-order valence-electron chi connectivity index (χ2n) is 8.27. The van der Waals surface area contributed by atoms with E-state index in [-0.39, 0.29) is 9.79 Å². The molecular formula is C28H26N4O4S2. The van der Waals surface area contributed by atoms with Crippen molar-refractivity contribution < 1.29 is 16.8 Å². The van der Waals surface area contributed by atoms with Gasteiger partial charge in [-0.3, -0.25) is 0 Å². The molecule has 0 N–H and O–H groups in total. The number of benzene rings is 3. The molecule has 0 unspecified atom stereocenters. The number of para-hydroxylation sites is 1. The molecule has 0 atom stereocenters. The van der Waals surface area contributed by atoms with Crippen LogP contribution in [0, 0.1) is 11.3 Å². The van der Waals surface area contributed by atoms with Crippen molar-refractivity contribution in [2.75, 3.05) is 13.1 Å². The van der Waals surface area contributed by atoms with Gasteiger partial charge in [0.1, 0.15) is 16.7 Å². The minimum Gasteiger partial charge on any atom is -0.240 e. The van der Waals surface area contributed by atoms with Gasteiger partial charge < -0.3 is 0 Å². The Morgan fingerprint density at radius 2 is 1.50 bits per heavy atom. The topological polar surface area (TPSA) is 113 Å². The summed E-state index contributed by atoms with van der Waals surface area (Å²) < 4.78 is 55.7. The molecule has 0 radical (unpaired) electrons. The number of aromatic nitrogens is 2. The number of nitriles is 1. The molecule has 4 aromatic rings.